The normalized spacial score (nSPS) is 18.8. The van der Waals surface area contributed by atoms with E-state index in [1.807, 2.05) is 6.07 Å². The first-order chi connectivity index (χ1) is 9.47. The molecule has 0 saturated heterocycles. The predicted molar refractivity (Wildman–Crippen MR) is 80.4 cm³/mol. The van der Waals surface area contributed by atoms with Crippen LogP contribution in [0.4, 0.5) is 0 Å². The molecule has 0 aliphatic heterocycles. The molecule has 0 aromatic carbocycles. The fourth-order valence-corrected chi connectivity index (χ4v) is 3.18. The summed E-state index contributed by atoms with van der Waals surface area (Å²) in [5.74, 6) is 0.725. The van der Waals surface area contributed by atoms with E-state index in [0.717, 1.165) is 35.5 Å². The molecule has 104 valence electrons. The minimum Gasteiger partial charge on any atom is -0.356 e. The fraction of sp³-hybridized carbons (Fsp3) is 0.529. The highest BCUT2D eigenvalue weighted by Gasteiger charge is 2.29. The van der Waals surface area contributed by atoms with E-state index in [1.165, 1.54) is 17.7 Å². The summed E-state index contributed by atoms with van der Waals surface area (Å²) < 4.78 is 0. The number of H-pyrrole nitrogens is 1. The third-order valence-corrected chi connectivity index (χ3v) is 4.52. The van der Waals surface area contributed by atoms with Gasteiger partial charge in [0, 0.05) is 11.4 Å². The zero-order valence-corrected chi connectivity index (χ0v) is 12.5. The highest BCUT2D eigenvalue weighted by Crippen LogP contribution is 2.37. The molecule has 3 nitrogen and oxygen atoms in total. The van der Waals surface area contributed by atoms with Gasteiger partial charge in [0.2, 0.25) is 0 Å². The number of aromatic amines is 1. The van der Waals surface area contributed by atoms with Gasteiger partial charge in [0.15, 0.2) is 0 Å². The number of pyridine rings is 1. The molecule has 0 amide bonds. The molecule has 20 heavy (non-hydrogen) atoms. The van der Waals surface area contributed by atoms with Crippen LogP contribution in [0.25, 0.3) is 11.0 Å². The average molecular weight is 267 g/mol. The Balaban J connectivity index is 1.98. The largest absolute Gasteiger partial charge is 0.356 e. The van der Waals surface area contributed by atoms with Crippen molar-refractivity contribution in [2.45, 2.75) is 46.5 Å². The molecule has 0 radical (unpaired) electrons. The van der Waals surface area contributed by atoms with E-state index in [2.05, 4.69) is 37.9 Å². The number of rotatable bonds is 1. The van der Waals surface area contributed by atoms with Crippen LogP contribution in [-0.4, -0.2) is 9.97 Å². The topological polar surface area (TPSA) is 52.5 Å². The van der Waals surface area contributed by atoms with Gasteiger partial charge in [-0.1, -0.05) is 20.8 Å². The second-order valence-electron chi connectivity index (χ2n) is 6.96. The second kappa shape index (κ2) is 4.63. The van der Waals surface area contributed by atoms with Gasteiger partial charge in [-0.2, -0.15) is 5.26 Å². The van der Waals surface area contributed by atoms with Crippen LogP contribution < -0.4 is 0 Å². The highest BCUT2D eigenvalue weighted by atomic mass is 14.8. The van der Waals surface area contributed by atoms with Crippen molar-refractivity contribution in [2.24, 2.45) is 11.3 Å². The molecule has 0 bridgehead atoms. The summed E-state index contributed by atoms with van der Waals surface area (Å²) in [6.07, 6.45) is 3.84. The van der Waals surface area contributed by atoms with Crippen LogP contribution in [0.1, 0.15) is 44.1 Å². The lowest BCUT2D eigenvalue weighted by Gasteiger charge is -2.34. The second-order valence-corrected chi connectivity index (χ2v) is 6.96. The summed E-state index contributed by atoms with van der Waals surface area (Å²) in [4.78, 5) is 8.11. The van der Waals surface area contributed by atoms with Gasteiger partial charge in [-0.05, 0) is 48.3 Å². The maximum atomic E-state index is 8.79. The summed E-state index contributed by atoms with van der Waals surface area (Å²) in [6, 6.07) is 6.44. The Bertz CT molecular complexity index is 683. The molecule has 2 aromatic heterocycles. The van der Waals surface area contributed by atoms with Crippen molar-refractivity contribution in [2.75, 3.05) is 0 Å². The van der Waals surface area contributed by atoms with Gasteiger partial charge in [0.1, 0.15) is 0 Å². The van der Waals surface area contributed by atoms with Crippen molar-refractivity contribution >= 4 is 11.0 Å². The first-order valence-corrected chi connectivity index (χ1v) is 7.34. The zero-order valence-electron chi connectivity index (χ0n) is 12.5. The van der Waals surface area contributed by atoms with E-state index >= 15 is 0 Å². The van der Waals surface area contributed by atoms with E-state index in [4.69, 9.17) is 10.2 Å². The van der Waals surface area contributed by atoms with Gasteiger partial charge >= 0.3 is 0 Å². The summed E-state index contributed by atoms with van der Waals surface area (Å²) in [7, 11) is 0. The van der Waals surface area contributed by atoms with Crippen LogP contribution in [0.3, 0.4) is 0 Å². The molecule has 1 atom stereocenters. The maximum Gasteiger partial charge on any atom is 0.0885 e. The van der Waals surface area contributed by atoms with Gasteiger partial charge in [-0.3, -0.25) is 4.98 Å². The molecule has 1 aliphatic carbocycles. The van der Waals surface area contributed by atoms with Gasteiger partial charge in [0.05, 0.1) is 23.5 Å². The van der Waals surface area contributed by atoms with Gasteiger partial charge in [-0.25, -0.2) is 0 Å². The standard InChI is InChI=1S/C17H21N3/c1-17(2,3)12-4-5-14-11(8-12)9-15-16(20-14)10-13(19-15)6-7-18/h9-10,12,19H,4-6,8H2,1-3H3. The minimum atomic E-state index is 0.356. The van der Waals surface area contributed by atoms with E-state index in [-0.39, 0.29) is 0 Å². The lowest BCUT2D eigenvalue weighted by molar-refractivity contribution is 0.215. The first kappa shape index (κ1) is 13.2. The van der Waals surface area contributed by atoms with E-state index in [0.29, 0.717) is 11.8 Å². The Labute approximate surface area is 120 Å². The molecule has 0 saturated carbocycles. The molecular formula is C17H21N3. The number of aromatic nitrogens is 2. The van der Waals surface area contributed by atoms with E-state index < -0.39 is 0 Å². The number of nitrogens with one attached hydrogen (secondary N) is 1. The number of fused-ring (bicyclic) bond motifs is 2. The molecule has 1 unspecified atom stereocenters. The number of nitriles is 1. The Morgan fingerprint density at radius 1 is 1.40 bits per heavy atom. The average Bonchev–Trinajstić information content (AvgIpc) is 2.75. The SMILES string of the molecule is CC(C)(C)C1CCc2nc3cc(CC#N)[nH]c3cc2C1. The number of aryl methyl sites for hydroxylation is 1. The molecule has 1 aliphatic rings. The lowest BCUT2D eigenvalue weighted by Crippen LogP contribution is -2.27. The third-order valence-electron chi connectivity index (χ3n) is 4.52. The van der Waals surface area contributed by atoms with Crippen molar-refractivity contribution in [3.8, 4) is 6.07 Å². The smallest absolute Gasteiger partial charge is 0.0885 e. The summed E-state index contributed by atoms with van der Waals surface area (Å²) in [6.45, 7) is 6.98. The van der Waals surface area contributed by atoms with Crippen molar-refractivity contribution in [1.29, 1.82) is 5.26 Å². The van der Waals surface area contributed by atoms with Gasteiger partial charge < -0.3 is 4.98 Å². The monoisotopic (exact) mass is 267 g/mol. The van der Waals surface area contributed by atoms with Gasteiger partial charge in [0.25, 0.3) is 0 Å². The molecule has 2 aromatic rings. The Hall–Kier alpha value is -1.82. The lowest BCUT2D eigenvalue weighted by atomic mass is 9.71. The molecule has 0 spiro atoms. The van der Waals surface area contributed by atoms with Gasteiger partial charge in [-0.15, -0.1) is 0 Å². The number of hydrogen-bond acceptors (Lipinski definition) is 2. The van der Waals surface area contributed by atoms with Crippen LogP contribution in [0.2, 0.25) is 0 Å². The summed E-state index contributed by atoms with van der Waals surface area (Å²) in [5, 5.41) is 8.79. The maximum absolute atomic E-state index is 8.79. The molecular weight excluding hydrogens is 246 g/mol. The van der Waals surface area contributed by atoms with Crippen molar-refractivity contribution in [3.05, 3.63) is 29.1 Å². The molecule has 3 heteroatoms. The van der Waals surface area contributed by atoms with E-state index in [9.17, 15) is 0 Å². The Morgan fingerprint density at radius 2 is 2.20 bits per heavy atom. The first-order valence-electron chi connectivity index (χ1n) is 7.34. The Kier molecular flexibility index (Phi) is 3.05. The Morgan fingerprint density at radius 3 is 2.90 bits per heavy atom. The quantitative estimate of drug-likeness (QED) is 0.854. The van der Waals surface area contributed by atoms with Crippen LogP contribution in [-0.2, 0) is 19.3 Å². The van der Waals surface area contributed by atoms with E-state index in [1.54, 1.807) is 0 Å². The molecule has 3 rings (SSSR count). The summed E-state index contributed by atoms with van der Waals surface area (Å²) in [5.41, 5.74) is 6.03. The minimum absolute atomic E-state index is 0.356. The van der Waals surface area contributed by atoms with Crippen molar-refractivity contribution in [3.63, 3.8) is 0 Å². The van der Waals surface area contributed by atoms with Crippen molar-refractivity contribution in [1.82, 2.24) is 9.97 Å². The van der Waals surface area contributed by atoms with Crippen LogP contribution >= 0.6 is 0 Å². The predicted octanol–water partition coefficient (Wildman–Crippen LogP) is 3.78. The molecule has 1 N–H and O–H groups in total. The third kappa shape index (κ3) is 2.31. The highest BCUT2D eigenvalue weighted by molar-refractivity contribution is 5.77. The van der Waals surface area contributed by atoms with Crippen LogP contribution in [0.5, 0.6) is 0 Å². The van der Waals surface area contributed by atoms with Crippen LogP contribution in [0, 0.1) is 22.7 Å². The van der Waals surface area contributed by atoms with Crippen molar-refractivity contribution < 1.29 is 0 Å². The fourth-order valence-electron chi connectivity index (χ4n) is 3.18. The number of nitrogens with zero attached hydrogens (tertiary/aromatic N) is 2. The summed E-state index contributed by atoms with van der Waals surface area (Å²) >= 11 is 0. The zero-order chi connectivity index (χ0) is 14.3. The molecule has 0 fully saturated rings. The molecule has 2 heterocycles. The van der Waals surface area contributed by atoms with Crippen LogP contribution in [0.15, 0.2) is 12.1 Å². The number of hydrogen-bond donors (Lipinski definition) is 1.